The molecule has 1 aromatic carbocycles. The van der Waals surface area contributed by atoms with E-state index < -0.39 is 22.6 Å². The first-order valence-electron chi connectivity index (χ1n) is 5.80. The smallest absolute Gasteiger partial charge is 0.339 e. The molecule has 1 aliphatic carbocycles. The summed E-state index contributed by atoms with van der Waals surface area (Å²) in [4.78, 5) is 11.4. The monoisotopic (exact) mass is 314 g/mol. The van der Waals surface area contributed by atoms with Crippen molar-refractivity contribution in [2.24, 2.45) is 0 Å². The van der Waals surface area contributed by atoms with Gasteiger partial charge in [0.2, 0.25) is 10.0 Å². The van der Waals surface area contributed by atoms with E-state index in [1.54, 1.807) is 6.07 Å². The largest absolute Gasteiger partial charge is 0.447 e. The molecule has 1 fully saturated rings. The lowest BCUT2D eigenvalue weighted by molar-refractivity contribution is 0.0554. The van der Waals surface area contributed by atoms with Crippen molar-refractivity contribution in [2.45, 2.75) is 23.8 Å². The second-order valence-electron chi connectivity index (χ2n) is 4.28. The Morgan fingerprint density at radius 1 is 1.50 bits per heavy atom. The van der Waals surface area contributed by atoms with Crippen LogP contribution in [-0.2, 0) is 14.8 Å². The van der Waals surface area contributed by atoms with Crippen LogP contribution < -0.4 is 4.72 Å². The number of nitrogens with zero attached hydrogens (tertiary/aromatic N) is 1. The minimum atomic E-state index is -3.76. The average molecular weight is 315 g/mol. The third-order valence-corrected chi connectivity index (χ3v) is 4.63. The standard InChI is InChI=1S/C12H11ClN2O4S/c13-10-4-1-8(12(16)19-6-5-14)7-11(10)20(17,18)15-9-2-3-9/h1,4,7,9,15H,2-3,6H2. The molecule has 0 unspecified atom stereocenters. The number of benzene rings is 1. The van der Waals surface area contributed by atoms with Gasteiger partial charge in [-0.3, -0.25) is 0 Å². The maximum atomic E-state index is 12.1. The van der Waals surface area contributed by atoms with Crippen LogP contribution >= 0.6 is 11.6 Å². The number of hydrogen-bond acceptors (Lipinski definition) is 5. The molecule has 0 aliphatic heterocycles. The molecule has 1 saturated carbocycles. The summed E-state index contributed by atoms with van der Waals surface area (Å²) >= 11 is 5.87. The first-order valence-corrected chi connectivity index (χ1v) is 7.66. The van der Waals surface area contributed by atoms with E-state index >= 15 is 0 Å². The third kappa shape index (κ3) is 3.48. The number of halogens is 1. The average Bonchev–Trinajstić information content (AvgIpc) is 3.19. The molecular weight excluding hydrogens is 304 g/mol. The Hall–Kier alpha value is -1.62. The fourth-order valence-electron chi connectivity index (χ4n) is 1.50. The van der Waals surface area contributed by atoms with Crippen molar-refractivity contribution in [1.82, 2.24) is 4.72 Å². The zero-order chi connectivity index (χ0) is 14.8. The van der Waals surface area contributed by atoms with Crippen molar-refractivity contribution < 1.29 is 17.9 Å². The van der Waals surface area contributed by atoms with Gasteiger partial charge in [-0.15, -0.1) is 0 Å². The summed E-state index contributed by atoms with van der Waals surface area (Å²) in [6.45, 7) is -0.399. The normalized spacial score (nSPS) is 14.6. The molecule has 1 aliphatic rings. The molecule has 6 nitrogen and oxygen atoms in total. The molecule has 0 saturated heterocycles. The van der Waals surface area contributed by atoms with Crippen molar-refractivity contribution >= 4 is 27.6 Å². The van der Waals surface area contributed by atoms with Crippen LogP contribution in [0.15, 0.2) is 23.1 Å². The molecule has 106 valence electrons. The van der Waals surface area contributed by atoms with E-state index in [0.29, 0.717) is 0 Å². The number of sulfonamides is 1. The highest BCUT2D eigenvalue weighted by atomic mass is 35.5. The Labute approximate surface area is 121 Å². The number of carbonyl (C=O) groups excluding carboxylic acids is 1. The van der Waals surface area contributed by atoms with E-state index in [9.17, 15) is 13.2 Å². The zero-order valence-corrected chi connectivity index (χ0v) is 11.9. The number of hydrogen-bond donors (Lipinski definition) is 1. The Balaban J connectivity index is 2.29. The van der Waals surface area contributed by atoms with Crippen LogP contribution in [0.1, 0.15) is 23.2 Å². The fourth-order valence-corrected chi connectivity index (χ4v) is 3.33. The number of carbonyl (C=O) groups is 1. The van der Waals surface area contributed by atoms with Crippen LogP contribution in [0.25, 0.3) is 0 Å². The van der Waals surface area contributed by atoms with Crippen LogP contribution in [-0.4, -0.2) is 27.0 Å². The number of nitriles is 1. The summed E-state index contributed by atoms with van der Waals surface area (Å²) in [5.41, 5.74) is 0.0285. The summed E-state index contributed by atoms with van der Waals surface area (Å²) in [7, 11) is -3.76. The van der Waals surface area contributed by atoms with Gasteiger partial charge in [-0.2, -0.15) is 5.26 Å². The Kier molecular flexibility index (Phi) is 4.28. The van der Waals surface area contributed by atoms with Gasteiger partial charge in [0.1, 0.15) is 11.0 Å². The van der Waals surface area contributed by atoms with Crippen molar-refractivity contribution in [3.63, 3.8) is 0 Å². The van der Waals surface area contributed by atoms with E-state index in [1.807, 2.05) is 0 Å². The predicted octanol–water partition coefficient (Wildman–Crippen LogP) is 1.46. The van der Waals surface area contributed by atoms with Crippen molar-refractivity contribution in [3.8, 4) is 6.07 Å². The maximum absolute atomic E-state index is 12.1. The maximum Gasteiger partial charge on any atom is 0.339 e. The van der Waals surface area contributed by atoms with E-state index in [0.717, 1.165) is 18.9 Å². The summed E-state index contributed by atoms with van der Waals surface area (Å²) < 4.78 is 31.3. The highest BCUT2D eigenvalue weighted by Crippen LogP contribution is 2.27. The predicted molar refractivity (Wildman–Crippen MR) is 70.7 cm³/mol. The summed E-state index contributed by atoms with van der Waals surface area (Å²) in [6.07, 6.45) is 1.58. The van der Waals surface area contributed by atoms with Gasteiger partial charge in [-0.25, -0.2) is 17.9 Å². The topological polar surface area (TPSA) is 96.3 Å². The minimum Gasteiger partial charge on any atom is -0.447 e. The van der Waals surface area contributed by atoms with Crippen molar-refractivity contribution in [1.29, 1.82) is 5.26 Å². The lowest BCUT2D eigenvalue weighted by atomic mass is 10.2. The second kappa shape index (κ2) is 5.79. The molecule has 20 heavy (non-hydrogen) atoms. The lowest BCUT2D eigenvalue weighted by Crippen LogP contribution is -2.26. The minimum absolute atomic E-state index is 0.0231. The zero-order valence-electron chi connectivity index (χ0n) is 10.3. The molecule has 2 rings (SSSR count). The van der Waals surface area contributed by atoms with E-state index in [2.05, 4.69) is 9.46 Å². The number of esters is 1. The SMILES string of the molecule is N#CCOC(=O)c1ccc(Cl)c(S(=O)(=O)NC2CC2)c1. The van der Waals surface area contributed by atoms with Gasteiger partial charge in [0, 0.05) is 6.04 Å². The third-order valence-electron chi connectivity index (χ3n) is 2.62. The number of ether oxygens (including phenoxy) is 1. The molecule has 1 aromatic rings. The fraction of sp³-hybridized carbons (Fsp3) is 0.333. The van der Waals surface area contributed by atoms with Crippen LogP contribution in [0.4, 0.5) is 0 Å². The van der Waals surface area contributed by atoms with Crippen molar-refractivity contribution in [2.75, 3.05) is 6.61 Å². The molecule has 0 bridgehead atoms. The quantitative estimate of drug-likeness (QED) is 0.830. The first-order chi connectivity index (χ1) is 9.44. The molecule has 0 heterocycles. The van der Waals surface area contributed by atoms with Crippen molar-refractivity contribution in [3.05, 3.63) is 28.8 Å². The van der Waals surface area contributed by atoms with E-state index in [4.69, 9.17) is 16.9 Å². The highest BCUT2D eigenvalue weighted by Gasteiger charge is 2.29. The van der Waals surface area contributed by atoms with Gasteiger partial charge >= 0.3 is 5.97 Å². The van der Waals surface area contributed by atoms with E-state index in [1.165, 1.54) is 12.1 Å². The van der Waals surface area contributed by atoms with Gasteiger partial charge in [-0.1, -0.05) is 11.6 Å². The van der Waals surface area contributed by atoms with Gasteiger partial charge < -0.3 is 4.74 Å². The number of rotatable bonds is 5. The van der Waals surface area contributed by atoms with E-state index in [-0.39, 0.29) is 21.5 Å². The van der Waals surface area contributed by atoms with Crippen LogP contribution in [0.5, 0.6) is 0 Å². The van der Waals surface area contributed by atoms with Gasteiger partial charge in [0.05, 0.1) is 10.6 Å². The molecule has 0 radical (unpaired) electrons. The molecule has 0 spiro atoms. The summed E-state index contributed by atoms with van der Waals surface area (Å²) in [6, 6.07) is 5.40. The summed E-state index contributed by atoms with van der Waals surface area (Å²) in [5, 5.41) is 8.36. The molecule has 1 N–H and O–H groups in total. The Bertz CT molecular complexity index is 677. The Morgan fingerprint density at radius 2 is 2.20 bits per heavy atom. The van der Waals surface area contributed by atoms with Crippen LogP contribution in [0.2, 0.25) is 5.02 Å². The first kappa shape index (κ1) is 14.8. The Morgan fingerprint density at radius 3 is 2.80 bits per heavy atom. The molecular formula is C12H11ClN2O4S. The highest BCUT2D eigenvalue weighted by molar-refractivity contribution is 7.89. The van der Waals surface area contributed by atoms with Crippen LogP contribution in [0, 0.1) is 11.3 Å². The van der Waals surface area contributed by atoms with Gasteiger partial charge in [0.15, 0.2) is 6.61 Å². The molecule has 0 atom stereocenters. The second-order valence-corrected chi connectivity index (χ2v) is 6.36. The van der Waals surface area contributed by atoms with Gasteiger partial charge in [0.25, 0.3) is 0 Å². The van der Waals surface area contributed by atoms with Crippen LogP contribution in [0.3, 0.4) is 0 Å². The molecule has 0 aromatic heterocycles. The summed E-state index contributed by atoms with van der Waals surface area (Å²) in [5.74, 6) is -0.772. The number of nitrogens with one attached hydrogen (secondary N) is 1. The lowest BCUT2D eigenvalue weighted by Gasteiger charge is -2.09. The van der Waals surface area contributed by atoms with Gasteiger partial charge in [-0.05, 0) is 31.0 Å². The molecule has 0 amide bonds. The molecule has 8 heteroatoms.